The van der Waals surface area contributed by atoms with Crippen LogP contribution < -0.4 is 10.6 Å². The summed E-state index contributed by atoms with van der Waals surface area (Å²) in [6, 6.07) is 9.82. The Balaban J connectivity index is 2.03. The Bertz CT molecular complexity index is 468. The summed E-state index contributed by atoms with van der Waals surface area (Å²) in [7, 11) is 2.00. The average Bonchev–Trinajstić information content (AvgIpc) is 2.55. The molecule has 0 spiro atoms. The van der Waals surface area contributed by atoms with Crippen molar-refractivity contribution in [2.45, 2.75) is 32.7 Å². The average molecular weight is 303 g/mol. The van der Waals surface area contributed by atoms with E-state index in [9.17, 15) is 4.79 Å². The minimum Gasteiger partial charge on any atom is -0.354 e. The number of nitrogens with one attached hydrogen (secondary N) is 2. The van der Waals surface area contributed by atoms with Gasteiger partial charge in [0.05, 0.1) is 0 Å². The molecular weight excluding hydrogens is 274 g/mol. The Morgan fingerprint density at radius 3 is 2.55 bits per heavy atom. The molecule has 4 heteroatoms. The third-order valence-electron chi connectivity index (χ3n) is 4.80. The van der Waals surface area contributed by atoms with Gasteiger partial charge in [0.15, 0.2) is 0 Å². The number of likely N-dealkylation sites (N-methyl/N-ethyl adjacent to an activating group) is 1. The van der Waals surface area contributed by atoms with Gasteiger partial charge in [0.1, 0.15) is 6.04 Å². The van der Waals surface area contributed by atoms with Crippen LogP contribution in [0.1, 0.15) is 38.3 Å². The first-order valence-electron chi connectivity index (χ1n) is 8.29. The van der Waals surface area contributed by atoms with Crippen molar-refractivity contribution in [3.63, 3.8) is 0 Å². The number of hydrogen-bond acceptors (Lipinski definition) is 3. The van der Waals surface area contributed by atoms with Crippen LogP contribution in [0.3, 0.4) is 0 Å². The second-order valence-corrected chi connectivity index (χ2v) is 6.66. The van der Waals surface area contributed by atoms with Gasteiger partial charge < -0.3 is 10.6 Å². The summed E-state index contributed by atoms with van der Waals surface area (Å²) in [6.07, 6.45) is 2.24. The van der Waals surface area contributed by atoms with Crippen LogP contribution in [0.2, 0.25) is 0 Å². The van der Waals surface area contributed by atoms with Crippen molar-refractivity contribution in [2.24, 2.45) is 5.41 Å². The van der Waals surface area contributed by atoms with Gasteiger partial charge in [-0.2, -0.15) is 0 Å². The molecule has 0 aromatic heterocycles. The zero-order chi connectivity index (χ0) is 16.0. The lowest BCUT2D eigenvalue weighted by atomic mass is 9.81. The van der Waals surface area contributed by atoms with Crippen molar-refractivity contribution >= 4 is 5.91 Å². The molecule has 22 heavy (non-hydrogen) atoms. The summed E-state index contributed by atoms with van der Waals surface area (Å²) in [4.78, 5) is 14.9. The molecule has 1 fully saturated rings. The van der Waals surface area contributed by atoms with Gasteiger partial charge in [-0.3, -0.25) is 9.69 Å². The predicted molar refractivity (Wildman–Crippen MR) is 90.7 cm³/mol. The zero-order valence-corrected chi connectivity index (χ0v) is 14.1. The van der Waals surface area contributed by atoms with Gasteiger partial charge in [0.2, 0.25) is 5.91 Å². The van der Waals surface area contributed by atoms with Crippen LogP contribution in [0.4, 0.5) is 0 Å². The molecule has 1 aromatic rings. The van der Waals surface area contributed by atoms with Crippen LogP contribution in [0.5, 0.6) is 0 Å². The molecule has 1 unspecified atom stereocenters. The second-order valence-electron chi connectivity index (χ2n) is 6.66. The molecule has 4 nitrogen and oxygen atoms in total. The zero-order valence-electron chi connectivity index (χ0n) is 14.1. The Hall–Kier alpha value is -1.39. The fourth-order valence-corrected chi connectivity index (χ4v) is 3.03. The quantitative estimate of drug-likeness (QED) is 0.847. The number of nitrogens with zero attached hydrogens (tertiary/aromatic N) is 1. The summed E-state index contributed by atoms with van der Waals surface area (Å²) in [5, 5.41) is 6.58. The van der Waals surface area contributed by atoms with E-state index in [1.807, 2.05) is 37.4 Å². The molecule has 1 aromatic carbocycles. The van der Waals surface area contributed by atoms with Crippen molar-refractivity contribution in [3.8, 4) is 0 Å². The number of amides is 1. The molecule has 0 radical (unpaired) electrons. The lowest BCUT2D eigenvalue weighted by Gasteiger charge is -2.35. The summed E-state index contributed by atoms with van der Waals surface area (Å²) >= 11 is 0. The predicted octanol–water partition coefficient (Wildman–Crippen LogP) is 2.19. The Morgan fingerprint density at radius 2 is 1.95 bits per heavy atom. The van der Waals surface area contributed by atoms with E-state index in [-0.39, 0.29) is 17.4 Å². The monoisotopic (exact) mass is 303 g/mol. The first-order valence-corrected chi connectivity index (χ1v) is 8.29. The lowest BCUT2D eigenvalue weighted by Crippen LogP contribution is -2.46. The van der Waals surface area contributed by atoms with Crippen molar-refractivity contribution in [1.29, 1.82) is 0 Å². The maximum atomic E-state index is 12.8. The molecule has 2 rings (SSSR count). The van der Waals surface area contributed by atoms with Gasteiger partial charge in [-0.1, -0.05) is 44.2 Å². The first kappa shape index (κ1) is 17.0. The highest BCUT2D eigenvalue weighted by Gasteiger charge is 2.30. The van der Waals surface area contributed by atoms with Crippen LogP contribution in [-0.4, -0.2) is 44.0 Å². The summed E-state index contributed by atoms with van der Waals surface area (Å²) in [5.74, 6) is 0.107. The van der Waals surface area contributed by atoms with E-state index < -0.39 is 0 Å². The van der Waals surface area contributed by atoms with Crippen molar-refractivity contribution in [1.82, 2.24) is 15.5 Å². The van der Waals surface area contributed by atoms with Crippen molar-refractivity contribution in [2.75, 3.05) is 33.2 Å². The molecule has 1 amide bonds. The standard InChI is InChI=1S/C18H29N3O/c1-4-21(3)16(15-8-6-5-7-9-15)17(22)20-14-18(2)10-12-19-13-11-18/h5-9,16,19H,4,10-14H2,1-3H3,(H,20,22). The number of carbonyl (C=O) groups excluding carboxylic acids is 1. The highest BCUT2D eigenvalue weighted by Crippen LogP contribution is 2.27. The SMILES string of the molecule is CCN(C)C(C(=O)NCC1(C)CCNCC1)c1ccccc1. The van der Waals surface area contributed by atoms with E-state index >= 15 is 0 Å². The van der Waals surface area contributed by atoms with Gasteiger partial charge in [0.25, 0.3) is 0 Å². The molecule has 0 saturated carbocycles. The van der Waals surface area contributed by atoms with E-state index in [2.05, 4.69) is 29.4 Å². The van der Waals surface area contributed by atoms with Gasteiger partial charge in [-0.25, -0.2) is 0 Å². The van der Waals surface area contributed by atoms with Crippen LogP contribution in [0.25, 0.3) is 0 Å². The third kappa shape index (κ3) is 4.31. The smallest absolute Gasteiger partial charge is 0.241 e. The van der Waals surface area contributed by atoms with Gasteiger partial charge >= 0.3 is 0 Å². The summed E-state index contributed by atoms with van der Waals surface area (Å²) in [6.45, 7) is 8.04. The summed E-state index contributed by atoms with van der Waals surface area (Å²) < 4.78 is 0. The van der Waals surface area contributed by atoms with Crippen molar-refractivity contribution in [3.05, 3.63) is 35.9 Å². The summed E-state index contributed by atoms with van der Waals surface area (Å²) in [5.41, 5.74) is 1.27. The van der Waals surface area contributed by atoms with Gasteiger partial charge in [-0.15, -0.1) is 0 Å². The van der Waals surface area contributed by atoms with Crippen LogP contribution >= 0.6 is 0 Å². The maximum Gasteiger partial charge on any atom is 0.241 e. The van der Waals surface area contributed by atoms with E-state index in [0.717, 1.165) is 44.6 Å². The van der Waals surface area contributed by atoms with Crippen LogP contribution in [0, 0.1) is 5.41 Å². The molecule has 0 bridgehead atoms. The van der Waals surface area contributed by atoms with E-state index in [0.29, 0.717) is 0 Å². The number of hydrogen-bond donors (Lipinski definition) is 2. The number of rotatable bonds is 6. The molecule has 1 heterocycles. The molecule has 1 atom stereocenters. The largest absolute Gasteiger partial charge is 0.354 e. The van der Waals surface area contributed by atoms with E-state index in [1.54, 1.807) is 0 Å². The fourth-order valence-electron chi connectivity index (χ4n) is 3.03. The molecule has 1 saturated heterocycles. The Labute approximate surface area is 134 Å². The van der Waals surface area contributed by atoms with Gasteiger partial charge in [0, 0.05) is 6.54 Å². The topological polar surface area (TPSA) is 44.4 Å². The van der Waals surface area contributed by atoms with Crippen LogP contribution in [0.15, 0.2) is 30.3 Å². The minimum absolute atomic E-state index is 0.107. The highest BCUT2D eigenvalue weighted by molar-refractivity contribution is 5.83. The molecule has 0 aliphatic carbocycles. The molecule has 122 valence electrons. The molecular formula is C18H29N3O. The number of benzene rings is 1. The number of carbonyl (C=O) groups is 1. The van der Waals surface area contributed by atoms with Crippen LogP contribution in [-0.2, 0) is 4.79 Å². The Morgan fingerprint density at radius 1 is 1.32 bits per heavy atom. The third-order valence-corrected chi connectivity index (χ3v) is 4.80. The van der Waals surface area contributed by atoms with E-state index in [1.165, 1.54) is 0 Å². The minimum atomic E-state index is -0.212. The first-order chi connectivity index (χ1) is 10.6. The molecule has 2 N–H and O–H groups in total. The second kappa shape index (κ2) is 7.75. The highest BCUT2D eigenvalue weighted by atomic mass is 16.2. The van der Waals surface area contributed by atoms with E-state index in [4.69, 9.17) is 0 Å². The maximum absolute atomic E-state index is 12.8. The lowest BCUT2D eigenvalue weighted by molar-refractivity contribution is -0.126. The van der Waals surface area contributed by atoms with Gasteiger partial charge in [-0.05, 0) is 50.5 Å². The molecule has 1 aliphatic rings. The van der Waals surface area contributed by atoms with Crippen molar-refractivity contribution < 1.29 is 4.79 Å². The normalized spacial score (nSPS) is 18.9. The number of piperidine rings is 1. The fraction of sp³-hybridized carbons (Fsp3) is 0.611. The Kier molecular flexibility index (Phi) is 5.98. The molecule has 1 aliphatic heterocycles.